The average molecular weight is 441 g/mol. The summed E-state index contributed by atoms with van der Waals surface area (Å²) in [6.07, 6.45) is 1.77. The highest BCUT2D eigenvalue weighted by molar-refractivity contribution is 7.09. The van der Waals surface area contributed by atoms with Crippen LogP contribution in [-0.2, 0) is 13.1 Å². The minimum Gasteiger partial charge on any atom is -0.452 e. The first-order valence-electron chi connectivity index (χ1n) is 9.91. The fourth-order valence-corrected chi connectivity index (χ4v) is 4.37. The van der Waals surface area contributed by atoms with Gasteiger partial charge >= 0.3 is 0 Å². The number of benzene rings is 3. The summed E-state index contributed by atoms with van der Waals surface area (Å²) in [7, 11) is 0. The van der Waals surface area contributed by atoms with Crippen molar-refractivity contribution in [1.29, 1.82) is 5.26 Å². The molecule has 5 nitrogen and oxygen atoms in total. The van der Waals surface area contributed by atoms with Gasteiger partial charge in [-0.15, -0.1) is 0 Å². The normalized spacial score (nSPS) is 12.5. The van der Waals surface area contributed by atoms with Gasteiger partial charge in [0.05, 0.1) is 16.0 Å². The number of amides is 1. The summed E-state index contributed by atoms with van der Waals surface area (Å²) in [5.74, 6) is -0.757. The van der Waals surface area contributed by atoms with Crippen LogP contribution >= 0.6 is 11.5 Å². The maximum Gasteiger partial charge on any atom is 0.258 e. The maximum atomic E-state index is 14.3. The molecule has 1 aliphatic heterocycles. The van der Waals surface area contributed by atoms with Gasteiger partial charge in [0.15, 0.2) is 11.6 Å². The molecule has 156 valence electrons. The molecule has 0 fully saturated rings. The highest BCUT2D eigenvalue weighted by atomic mass is 32.1. The van der Waals surface area contributed by atoms with E-state index in [1.54, 1.807) is 23.2 Å². The topological polar surface area (TPSA) is 66.2 Å². The first kappa shape index (κ1) is 19.9. The molecular formula is C25H16FN3O2S. The fourth-order valence-electron chi connectivity index (χ4n) is 3.77. The van der Waals surface area contributed by atoms with Gasteiger partial charge in [0.1, 0.15) is 11.8 Å². The molecule has 0 atom stereocenters. The first-order valence-corrected chi connectivity index (χ1v) is 10.7. The summed E-state index contributed by atoms with van der Waals surface area (Å²) in [6, 6.07) is 21.3. The summed E-state index contributed by atoms with van der Waals surface area (Å²) in [5, 5.41) is 9.28. The van der Waals surface area contributed by atoms with Crippen LogP contribution in [0.3, 0.4) is 0 Å². The third-order valence-electron chi connectivity index (χ3n) is 5.32. The van der Waals surface area contributed by atoms with E-state index in [2.05, 4.69) is 4.37 Å². The second-order valence-corrected chi connectivity index (χ2v) is 8.19. The van der Waals surface area contributed by atoms with Crippen LogP contribution in [0.4, 0.5) is 4.39 Å². The van der Waals surface area contributed by atoms with Crippen molar-refractivity contribution in [3.05, 3.63) is 101 Å². The number of para-hydroxylation sites is 1. The Morgan fingerprint density at radius 3 is 2.66 bits per heavy atom. The predicted octanol–water partition coefficient (Wildman–Crippen LogP) is 5.77. The van der Waals surface area contributed by atoms with Crippen LogP contribution in [0.1, 0.15) is 27.0 Å². The summed E-state index contributed by atoms with van der Waals surface area (Å²) in [6.45, 7) is 0.878. The molecule has 0 unspecified atom stereocenters. The Labute approximate surface area is 188 Å². The van der Waals surface area contributed by atoms with E-state index in [1.165, 1.54) is 29.7 Å². The van der Waals surface area contributed by atoms with Crippen LogP contribution < -0.4 is 4.74 Å². The number of halogens is 1. The molecule has 4 aromatic rings. The van der Waals surface area contributed by atoms with Gasteiger partial charge in [0, 0.05) is 19.3 Å². The van der Waals surface area contributed by atoms with Crippen LogP contribution in [0.2, 0.25) is 0 Å². The van der Waals surface area contributed by atoms with E-state index in [1.807, 2.05) is 42.5 Å². The van der Waals surface area contributed by atoms with E-state index < -0.39 is 5.82 Å². The number of carbonyl (C=O) groups excluding carboxylic acids is 1. The predicted molar refractivity (Wildman–Crippen MR) is 119 cm³/mol. The Hall–Kier alpha value is -4.02. The number of nitrogens with zero attached hydrogens (tertiary/aromatic N) is 3. The van der Waals surface area contributed by atoms with Gasteiger partial charge in [-0.1, -0.05) is 42.5 Å². The first-order chi connectivity index (χ1) is 15.6. The minimum absolute atomic E-state index is 0.0749. The number of fused-ring (bicyclic) bond motifs is 1. The van der Waals surface area contributed by atoms with Crippen LogP contribution in [-0.4, -0.2) is 15.2 Å². The van der Waals surface area contributed by atoms with Gasteiger partial charge in [-0.25, -0.2) is 8.76 Å². The number of aromatic nitrogens is 1. The van der Waals surface area contributed by atoms with E-state index in [9.17, 15) is 14.4 Å². The molecule has 5 rings (SSSR count). The number of carbonyl (C=O) groups is 1. The smallest absolute Gasteiger partial charge is 0.258 e. The summed E-state index contributed by atoms with van der Waals surface area (Å²) in [5.41, 5.74) is 3.37. The lowest BCUT2D eigenvalue weighted by atomic mass is 10.1. The van der Waals surface area contributed by atoms with Gasteiger partial charge < -0.3 is 9.64 Å². The van der Waals surface area contributed by atoms with Crippen molar-refractivity contribution in [2.24, 2.45) is 0 Å². The van der Waals surface area contributed by atoms with E-state index >= 15 is 0 Å². The zero-order valence-corrected chi connectivity index (χ0v) is 17.6. The molecular weight excluding hydrogens is 425 g/mol. The molecule has 7 heteroatoms. The molecule has 0 bridgehead atoms. The van der Waals surface area contributed by atoms with Crippen LogP contribution in [0.25, 0.3) is 10.4 Å². The number of nitriles is 1. The highest BCUT2D eigenvalue weighted by Crippen LogP contribution is 2.36. The Bertz CT molecular complexity index is 1340. The van der Waals surface area contributed by atoms with Crippen molar-refractivity contribution in [2.45, 2.75) is 13.1 Å². The van der Waals surface area contributed by atoms with Crippen molar-refractivity contribution >= 4 is 17.4 Å². The number of rotatable bonds is 5. The van der Waals surface area contributed by atoms with E-state index in [0.29, 0.717) is 18.7 Å². The maximum absolute atomic E-state index is 14.3. The van der Waals surface area contributed by atoms with Gasteiger partial charge in [0.25, 0.3) is 5.91 Å². The number of ether oxygens (including phenoxy) is 1. The lowest BCUT2D eigenvalue weighted by Crippen LogP contribution is -2.23. The third-order valence-corrected chi connectivity index (χ3v) is 6.12. The minimum atomic E-state index is -0.648. The molecule has 2 heterocycles. The van der Waals surface area contributed by atoms with Gasteiger partial charge in [0.2, 0.25) is 0 Å². The van der Waals surface area contributed by atoms with Crippen LogP contribution in [0.15, 0.2) is 72.9 Å². The van der Waals surface area contributed by atoms with Crippen molar-refractivity contribution in [1.82, 2.24) is 9.27 Å². The molecule has 0 radical (unpaired) electrons. The van der Waals surface area contributed by atoms with Gasteiger partial charge in [-0.05, 0) is 52.5 Å². The molecule has 0 saturated heterocycles. The molecule has 1 aliphatic rings. The molecule has 32 heavy (non-hydrogen) atoms. The average Bonchev–Trinajstić information content (AvgIpc) is 3.45. The molecule has 0 N–H and O–H groups in total. The fraction of sp³-hybridized carbons (Fsp3) is 0.0800. The molecule has 0 spiro atoms. The lowest BCUT2D eigenvalue weighted by molar-refractivity contribution is 0.0765. The quantitative estimate of drug-likeness (QED) is 0.394. The second-order valence-electron chi connectivity index (χ2n) is 7.36. The largest absolute Gasteiger partial charge is 0.452 e. The van der Waals surface area contributed by atoms with Gasteiger partial charge in [-0.3, -0.25) is 4.79 Å². The highest BCUT2D eigenvalue weighted by Gasteiger charge is 2.31. The Morgan fingerprint density at radius 1 is 1.09 bits per heavy atom. The number of hydrogen-bond donors (Lipinski definition) is 0. The summed E-state index contributed by atoms with van der Waals surface area (Å²) >= 11 is 1.44. The molecule has 3 aromatic carbocycles. The van der Waals surface area contributed by atoms with Crippen molar-refractivity contribution < 1.29 is 13.9 Å². The molecule has 1 aromatic heterocycles. The molecule has 0 saturated carbocycles. The SMILES string of the molecule is N#Cc1cccc(F)c1Oc1cccc2c1C(=O)N(Cc1ccc(-c3ccns3)cc1)C2. The second kappa shape index (κ2) is 8.25. The lowest BCUT2D eigenvalue weighted by Gasteiger charge is -2.16. The van der Waals surface area contributed by atoms with Crippen LogP contribution in [0, 0.1) is 17.1 Å². The Morgan fingerprint density at radius 2 is 1.91 bits per heavy atom. The van der Waals surface area contributed by atoms with Crippen molar-refractivity contribution in [2.75, 3.05) is 0 Å². The standard InChI is InChI=1S/C25H16FN3O2S/c26-20-5-1-3-18(13-27)24(20)31-21-6-2-4-19-15-29(25(30)23(19)21)14-16-7-9-17(10-8-16)22-11-12-28-32-22/h1-12H,14-15H2. The summed E-state index contributed by atoms with van der Waals surface area (Å²) < 4.78 is 24.2. The molecule has 1 amide bonds. The Kier molecular flexibility index (Phi) is 5.13. The third kappa shape index (κ3) is 3.61. The van der Waals surface area contributed by atoms with E-state index in [-0.39, 0.29) is 23.0 Å². The zero-order chi connectivity index (χ0) is 22.1. The van der Waals surface area contributed by atoms with Gasteiger partial charge in [-0.2, -0.15) is 5.26 Å². The summed E-state index contributed by atoms with van der Waals surface area (Å²) in [4.78, 5) is 16.0. The molecule has 0 aliphatic carbocycles. The van der Waals surface area contributed by atoms with Crippen molar-refractivity contribution in [3.63, 3.8) is 0 Å². The Balaban J connectivity index is 1.38. The monoisotopic (exact) mass is 441 g/mol. The van der Waals surface area contributed by atoms with E-state index in [4.69, 9.17) is 4.74 Å². The van der Waals surface area contributed by atoms with Crippen molar-refractivity contribution in [3.8, 4) is 28.0 Å². The number of hydrogen-bond acceptors (Lipinski definition) is 5. The van der Waals surface area contributed by atoms with E-state index in [0.717, 1.165) is 21.6 Å². The van der Waals surface area contributed by atoms with Crippen LogP contribution in [0.5, 0.6) is 11.5 Å². The zero-order valence-electron chi connectivity index (χ0n) is 16.8.